The molecule has 0 saturated heterocycles. The van der Waals surface area contributed by atoms with Gasteiger partial charge in [0.2, 0.25) is 0 Å². The molecule has 0 heterocycles. The van der Waals surface area contributed by atoms with E-state index in [0.717, 1.165) is 11.5 Å². The molecular weight excluding hydrogens is 293 g/mol. The van der Waals surface area contributed by atoms with E-state index < -0.39 is 0 Å². The molecule has 0 spiro atoms. The van der Waals surface area contributed by atoms with Crippen LogP contribution in [0.5, 0.6) is 5.75 Å². The van der Waals surface area contributed by atoms with Gasteiger partial charge in [-0.3, -0.25) is 0 Å². The van der Waals surface area contributed by atoms with E-state index in [4.69, 9.17) is 4.74 Å². The summed E-state index contributed by atoms with van der Waals surface area (Å²) in [6.07, 6.45) is 0. The van der Waals surface area contributed by atoms with Crippen LogP contribution in [0, 0.1) is 5.82 Å². The topological polar surface area (TPSA) is 36.9 Å². The number of benzene rings is 2. The quantitative estimate of drug-likeness (QED) is 0.680. The Balaban J connectivity index is 2.05. The molecule has 0 aliphatic rings. The predicted octanol–water partition coefficient (Wildman–Crippen LogP) is 3.04. The summed E-state index contributed by atoms with van der Waals surface area (Å²) < 4.78 is 18.6. The molecule has 0 saturated carbocycles. The van der Waals surface area contributed by atoms with Gasteiger partial charge in [0.05, 0.1) is 13.7 Å². The number of guanidine groups is 1. The number of ether oxygens (including phenoxy) is 1. The molecule has 2 rings (SSSR count). The molecule has 2 aromatic carbocycles. The highest BCUT2D eigenvalue weighted by Gasteiger charge is 2.04. The van der Waals surface area contributed by atoms with Crippen LogP contribution in [0.15, 0.2) is 53.5 Å². The summed E-state index contributed by atoms with van der Waals surface area (Å²) in [5, 5.41) is 3.30. The Labute approximate surface area is 136 Å². The second-order valence-corrected chi connectivity index (χ2v) is 5.37. The third kappa shape index (κ3) is 5.29. The zero-order valence-corrected chi connectivity index (χ0v) is 13.7. The second-order valence-electron chi connectivity index (χ2n) is 5.37. The van der Waals surface area contributed by atoms with Crippen molar-refractivity contribution in [2.75, 3.05) is 21.2 Å². The van der Waals surface area contributed by atoms with Gasteiger partial charge in [-0.2, -0.15) is 0 Å². The number of nitrogens with zero attached hydrogens (tertiary/aromatic N) is 2. The molecule has 122 valence electrons. The Morgan fingerprint density at radius 1 is 1.13 bits per heavy atom. The SMILES string of the molecule is COc1cc(F)cc(CN=C(NCc2ccccc2)N(C)C)c1. The molecule has 23 heavy (non-hydrogen) atoms. The average Bonchev–Trinajstić information content (AvgIpc) is 2.55. The van der Waals surface area contributed by atoms with Crippen LogP contribution in [0.2, 0.25) is 0 Å². The van der Waals surface area contributed by atoms with E-state index in [0.29, 0.717) is 18.8 Å². The van der Waals surface area contributed by atoms with Crippen molar-refractivity contribution in [2.45, 2.75) is 13.1 Å². The Morgan fingerprint density at radius 2 is 1.87 bits per heavy atom. The minimum atomic E-state index is -0.321. The van der Waals surface area contributed by atoms with E-state index in [-0.39, 0.29) is 5.82 Å². The number of methoxy groups -OCH3 is 1. The highest BCUT2D eigenvalue weighted by Crippen LogP contribution is 2.16. The molecule has 2 aromatic rings. The third-order valence-electron chi connectivity index (χ3n) is 3.30. The maximum Gasteiger partial charge on any atom is 0.194 e. The highest BCUT2D eigenvalue weighted by atomic mass is 19.1. The molecule has 4 nitrogen and oxygen atoms in total. The fourth-order valence-corrected chi connectivity index (χ4v) is 2.13. The summed E-state index contributed by atoms with van der Waals surface area (Å²) in [4.78, 5) is 6.44. The van der Waals surface area contributed by atoms with E-state index in [1.54, 1.807) is 6.07 Å². The monoisotopic (exact) mass is 315 g/mol. The molecule has 0 aliphatic heterocycles. The summed E-state index contributed by atoms with van der Waals surface area (Å²) in [7, 11) is 5.36. The lowest BCUT2D eigenvalue weighted by Crippen LogP contribution is -2.36. The van der Waals surface area contributed by atoms with E-state index >= 15 is 0 Å². The molecule has 0 fully saturated rings. The molecular formula is C18H22FN3O. The molecule has 0 bridgehead atoms. The van der Waals surface area contributed by atoms with Crippen molar-refractivity contribution in [1.82, 2.24) is 10.2 Å². The smallest absolute Gasteiger partial charge is 0.194 e. The first-order chi connectivity index (χ1) is 11.1. The van der Waals surface area contributed by atoms with Crippen molar-refractivity contribution in [2.24, 2.45) is 4.99 Å². The van der Waals surface area contributed by atoms with Gasteiger partial charge in [0, 0.05) is 26.7 Å². The summed E-state index contributed by atoms with van der Waals surface area (Å²) >= 11 is 0. The van der Waals surface area contributed by atoms with Gasteiger partial charge in [-0.15, -0.1) is 0 Å². The Hall–Kier alpha value is -2.56. The molecule has 1 N–H and O–H groups in total. The normalized spacial score (nSPS) is 11.2. The summed E-state index contributed by atoms with van der Waals surface area (Å²) in [6.45, 7) is 1.06. The van der Waals surface area contributed by atoms with Crippen molar-refractivity contribution in [3.05, 3.63) is 65.5 Å². The van der Waals surface area contributed by atoms with E-state index in [9.17, 15) is 4.39 Å². The molecule has 0 aliphatic carbocycles. The van der Waals surface area contributed by atoms with Crippen LogP contribution in [-0.4, -0.2) is 32.1 Å². The highest BCUT2D eigenvalue weighted by molar-refractivity contribution is 5.79. The van der Waals surface area contributed by atoms with E-state index in [2.05, 4.69) is 22.4 Å². The third-order valence-corrected chi connectivity index (χ3v) is 3.30. The van der Waals surface area contributed by atoms with Gasteiger partial charge in [-0.05, 0) is 23.3 Å². The number of halogens is 1. The maximum atomic E-state index is 13.5. The molecule has 0 amide bonds. The van der Waals surface area contributed by atoms with Crippen LogP contribution >= 0.6 is 0 Å². The average molecular weight is 315 g/mol. The van der Waals surface area contributed by atoms with Crippen molar-refractivity contribution in [3.8, 4) is 5.75 Å². The summed E-state index contributed by atoms with van der Waals surface area (Å²) in [5.74, 6) is 0.925. The number of hydrogen-bond donors (Lipinski definition) is 1. The minimum absolute atomic E-state index is 0.321. The zero-order valence-electron chi connectivity index (χ0n) is 13.7. The predicted molar refractivity (Wildman–Crippen MR) is 91.1 cm³/mol. The summed E-state index contributed by atoms with van der Waals surface area (Å²) in [5.41, 5.74) is 1.94. The molecule has 0 aromatic heterocycles. The largest absolute Gasteiger partial charge is 0.497 e. The van der Waals surface area contributed by atoms with Crippen molar-refractivity contribution < 1.29 is 9.13 Å². The van der Waals surface area contributed by atoms with Gasteiger partial charge >= 0.3 is 0 Å². The fraction of sp³-hybridized carbons (Fsp3) is 0.278. The summed E-state index contributed by atoms with van der Waals surface area (Å²) in [6, 6.07) is 14.7. The zero-order chi connectivity index (χ0) is 16.7. The van der Waals surface area contributed by atoms with Crippen LogP contribution in [0.1, 0.15) is 11.1 Å². The van der Waals surface area contributed by atoms with Crippen molar-refractivity contribution in [1.29, 1.82) is 0 Å². The molecule has 0 unspecified atom stereocenters. The standard InChI is InChI=1S/C18H22FN3O/c1-22(2)18(20-12-14-7-5-4-6-8-14)21-13-15-9-16(19)11-17(10-15)23-3/h4-11H,12-13H2,1-3H3,(H,20,21). The van der Waals surface area contributed by atoms with Gasteiger partial charge < -0.3 is 15.0 Å². The number of aliphatic imine (C=N–C) groups is 1. The van der Waals surface area contributed by atoms with E-state index in [1.165, 1.54) is 24.8 Å². The first-order valence-electron chi connectivity index (χ1n) is 7.41. The first kappa shape index (κ1) is 16.8. The molecule has 0 atom stereocenters. The number of hydrogen-bond acceptors (Lipinski definition) is 2. The van der Waals surface area contributed by atoms with Crippen LogP contribution in [0.4, 0.5) is 4.39 Å². The van der Waals surface area contributed by atoms with Gasteiger partial charge in [0.25, 0.3) is 0 Å². The van der Waals surface area contributed by atoms with Gasteiger partial charge in [0.1, 0.15) is 11.6 Å². The van der Waals surface area contributed by atoms with Crippen molar-refractivity contribution in [3.63, 3.8) is 0 Å². The van der Waals surface area contributed by atoms with Crippen molar-refractivity contribution >= 4 is 5.96 Å². The van der Waals surface area contributed by atoms with Gasteiger partial charge in [-0.1, -0.05) is 30.3 Å². The van der Waals surface area contributed by atoms with Crippen LogP contribution in [0.3, 0.4) is 0 Å². The lowest BCUT2D eigenvalue weighted by atomic mass is 10.2. The Morgan fingerprint density at radius 3 is 2.52 bits per heavy atom. The van der Waals surface area contributed by atoms with Gasteiger partial charge in [-0.25, -0.2) is 9.38 Å². The first-order valence-corrected chi connectivity index (χ1v) is 7.41. The Kier molecular flexibility index (Phi) is 5.97. The van der Waals surface area contributed by atoms with Crippen LogP contribution in [-0.2, 0) is 13.1 Å². The van der Waals surface area contributed by atoms with Crippen LogP contribution < -0.4 is 10.1 Å². The molecule has 5 heteroatoms. The number of nitrogens with one attached hydrogen (secondary N) is 1. The van der Waals surface area contributed by atoms with Gasteiger partial charge in [0.15, 0.2) is 5.96 Å². The second kappa shape index (κ2) is 8.17. The lowest BCUT2D eigenvalue weighted by molar-refractivity contribution is 0.410. The lowest BCUT2D eigenvalue weighted by Gasteiger charge is -2.18. The maximum absolute atomic E-state index is 13.5. The Bertz CT molecular complexity index is 657. The minimum Gasteiger partial charge on any atom is -0.497 e. The van der Waals surface area contributed by atoms with E-state index in [1.807, 2.05) is 37.2 Å². The number of rotatable bonds is 5. The van der Waals surface area contributed by atoms with Crippen LogP contribution in [0.25, 0.3) is 0 Å². The molecule has 0 radical (unpaired) electrons. The fourth-order valence-electron chi connectivity index (χ4n) is 2.13.